The van der Waals surface area contributed by atoms with E-state index in [0.717, 1.165) is 35.2 Å². The summed E-state index contributed by atoms with van der Waals surface area (Å²) in [6, 6.07) is 26.0. The van der Waals surface area contributed by atoms with Crippen molar-refractivity contribution in [3.8, 4) is 0 Å². The third-order valence-corrected chi connectivity index (χ3v) is 5.91. The SMILES string of the molecule is Cc1cccc(CN(C(=O)C2CC2)c2ccc(CC(=O)N[C@H](C)c3ccccc3)cc2)c1. The lowest BCUT2D eigenvalue weighted by Gasteiger charge is -2.23. The van der Waals surface area contributed by atoms with Gasteiger partial charge in [0.05, 0.1) is 19.0 Å². The number of carbonyl (C=O) groups excluding carboxylic acids is 2. The van der Waals surface area contributed by atoms with Crippen LogP contribution in [0.4, 0.5) is 5.69 Å². The third-order valence-electron chi connectivity index (χ3n) is 5.91. The molecule has 1 aliphatic rings. The summed E-state index contributed by atoms with van der Waals surface area (Å²) in [5, 5.41) is 3.06. The number of rotatable bonds is 8. The lowest BCUT2D eigenvalue weighted by molar-refractivity contribution is -0.121. The van der Waals surface area contributed by atoms with Gasteiger partial charge in [-0.3, -0.25) is 9.59 Å². The van der Waals surface area contributed by atoms with Crippen molar-refractivity contribution in [2.24, 2.45) is 5.92 Å². The number of nitrogens with one attached hydrogen (secondary N) is 1. The first-order valence-electron chi connectivity index (χ1n) is 11.3. The van der Waals surface area contributed by atoms with Gasteiger partial charge in [0, 0.05) is 11.6 Å². The highest BCUT2D eigenvalue weighted by molar-refractivity contribution is 5.96. The summed E-state index contributed by atoms with van der Waals surface area (Å²) in [5.41, 5.74) is 5.21. The molecular weight excluding hydrogens is 396 g/mol. The first-order valence-corrected chi connectivity index (χ1v) is 11.3. The summed E-state index contributed by atoms with van der Waals surface area (Å²) >= 11 is 0. The Labute approximate surface area is 190 Å². The van der Waals surface area contributed by atoms with Gasteiger partial charge in [0.25, 0.3) is 0 Å². The van der Waals surface area contributed by atoms with E-state index < -0.39 is 0 Å². The number of nitrogens with zero attached hydrogens (tertiary/aromatic N) is 1. The molecule has 0 aromatic heterocycles. The zero-order chi connectivity index (χ0) is 22.5. The van der Waals surface area contributed by atoms with E-state index in [1.165, 1.54) is 5.56 Å². The van der Waals surface area contributed by atoms with Crippen molar-refractivity contribution in [1.29, 1.82) is 0 Å². The summed E-state index contributed by atoms with van der Waals surface area (Å²) in [6.07, 6.45) is 2.26. The minimum Gasteiger partial charge on any atom is -0.349 e. The molecule has 4 rings (SSSR count). The van der Waals surface area contributed by atoms with Crippen LogP contribution in [0, 0.1) is 12.8 Å². The molecule has 2 amide bonds. The molecule has 1 fully saturated rings. The smallest absolute Gasteiger partial charge is 0.230 e. The molecule has 0 aliphatic heterocycles. The van der Waals surface area contributed by atoms with E-state index in [4.69, 9.17) is 0 Å². The Balaban J connectivity index is 1.43. The fourth-order valence-corrected chi connectivity index (χ4v) is 3.94. The van der Waals surface area contributed by atoms with Crippen molar-refractivity contribution >= 4 is 17.5 Å². The van der Waals surface area contributed by atoms with Crippen LogP contribution in [0.15, 0.2) is 78.9 Å². The molecule has 1 saturated carbocycles. The first-order chi connectivity index (χ1) is 15.5. The highest BCUT2D eigenvalue weighted by Crippen LogP contribution is 2.33. The number of benzene rings is 3. The monoisotopic (exact) mass is 426 g/mol. The van der Waals surface area contributed by atoms with Crippen LogP contribution in [0.2, 0.25) is 0 Å². The maximum Gasteiger partial charge on any atom is 0.230 e. The highest BCUT2D eigenvalue weighted by atomic mass is 16.2. The average molecular weight is 427 g/mol. The van der Waals surface area contributed by atoms with Gasteiger partial charge in [-0.05, 0) is 55.5 Å². The Morgan fingerprint density at radius 2 is 1.66 bits per heavy atom. The van der Waals surface area contributed by atoms with Gasteiger partial charge in [0.15, 0.2) is 0 Å². The van der Waals surface area contributed by atoms with Gasteiger partial charge in [-0.25, -0.2) is 0 Å². The summed E-state index contributed by atoms with van der Waals surface area (Å²) < 4.78 is 0. The Bertz CT molecular complexity index is 1070. The normalized spacial score (nSPS) is 13.9. The number of carbonyl (C=O) groups is 2. The molecule has 1 atom stereocenters. The zero-order valence-electron chi connectivity index (χ0n) is 18.8. The van der Waals surface area contributed by atoms with Crippen molar-refractivity contribution in [2.75, 3.05) is 4.90 Å². The second kappa shape index (κ2) is 9.82. The average Bonchev–Trinajstić information content (AvgIpc) is 3.64. The Morgan fingerprint density at radius 3 is 2.31 bits per heavy atom. The molecule has 3 aromatic rings. The molecule has 4 nitrogen and oxygen atoms in total. The van der Waals surface area contributed by atoms with Gasteiger partial charge in [-0.15, -0.1) is 0 Å². The Hall–Kier alpha value is -3.40. The molecule has 0 unspecified atom stereocenters. The van der Waals surface area contributed by atoms with Crippen LogP contribution < -0.4 is 10.2 Å². The van der Waals surface area contributed by atoms with E-state index in [0.29, 0.717) is 13.0 Å². The van der Waals surface area contributed by atoms with Crippen molar-refractivity contribution in [2.45, 2.75) is 45.7 Å². The predicted molar refractivity (Wildman–Crippen MR) is 128 cm³/mol. The van der Waals surface area contributed by atoms with Gasteiger partial charge in [0.1, 0.15) is 0 Å². The van der Waals surface area contributed by atoms with Gasteiger partial charge in [0.2, 0.25) is 11.8 Å². The van der Waals surface area contributed by atoms with E-state index >= 15 is 0 Å². The second-order valence-electron chi connectivity index (χ2n) is 8.73. The number of anilines is 1. The Morgan fingerprint density at radius 1 is 0.938 bits per heavy atom. The molecule has 164 valence electrons. The van der Waals surface area contributed by atoms with Gasteiger partial charge in [-0.1, -0.05) is 72.3 Å². The fraction of sp³-hybridized carbons (Fsp3) is 0.286. The number of aryl methyl sites for hydroxylation is 1. The zero-order valence-corrected chi connectivity index (χ0v) is 18.8. The molecule has 0 spiro atoms. The molecule has 0 bridgehead atoms. The second-order valence-corrected chi connectivity index (χ2v) is 8.73. The van der Waals surface area contributed by atoms with Crippen molar-refractivity contribution in [3.05, 3.63) is 101 Å². The minimum absolute atomic E-state index is 0.0141. The molecule has 1 aliphatic carbocycles. The van der Waals surface area contributed by atoms with Crippen molar-refractivity contribution in [1.82, 2.24) is 5.32 Å². The topological polar surface area (TPSA) is 49.4 Å². The lowest BCUT2D eigenvalue weighted by atomic mass is 10.1. The summed E-state index contributed by atoms with van der Waals surface area (Å²) in [4.78, 5) is 27.4. The number of amides is 2. The minimum atomic E-state index is -0.0380. The van der Waals surface area contributed by atoms with E-state index in [1.54, 1.807) is 0 Å². The third kappa shape index (κ3) is 5.64. The van der Waals surface area contributed by atoms with Crippen LogP contribution in [0.25, 0.3) is 0 Å². The standard InChI is InChI=1S/C28H30N2O2/c1-20-7-6-8-23(17-20)19-30(28(32)25-13-14-25)26-15-11-22(12-16-26)18-27(31)29-21(2)24-9-4-3-5-10-24/h3-12,15-17,21,25H,13-14,18-19H2,1-2H3,(H,29,31)/t21-/m1/s1. The Kier molecular flexibility index (Phi) is 6.69. The van der Waals surface area contributed by atoms with Crippen LogP contribution in [-0.4, -0.2) is 11.8 Å². The van der Waals surface area contributed by atoms with Crippen LogP contribution in [0.3, 0.4) is 0 Å². The molecule has 0 saturated heterocycles. The van der Waals surface area contributed by atoms with E-state index in [-0.39, 0.29) is 23.8 Å². The molecule has 0 heterocycles. The maximum absolute atomic E-state index is 13.0. The maximum atomic E-state index is 13.0. The lowest BCUT2D eigenvalue weighted by Crippen LogP contribution is -2.31. The van der Waals surface area contributed by atoms with Gasteiger partial charge >= 0.3 is 0 Å². The van der Waals surface area contributed by atoms with Crippen LogP contribution in [0.5, 0.6) is 0 Å². The predicted octanol–water partition coefficient (Wildman–Crippen LogP) is 5.36. The fourth-order valence-electron chi connectivity index (χ4n) is 3.94. The van der Waals surface area contributed by atoms with Crippen LogP contribution >= 0.6 is 0 Å². The summed E-state index contributed by atoms with van der Waals surface area (Å²) in [7, 11) is 0. The summed E-state index contributed by atoms with van der Waals surface area (Å²) in [5.74, 6) is 0.318. The summed E-state index contributed by atoms with van der Waals surface area (Å²) in [6.45, 7) is 4.61. The van der Waals surface area contributed by atoms with Crippen LogP contribution in [-0.2, 0) is 22.6 Å². The molecular formula is C28H30N2O2. The van der Waals surface area contributed by atoms with E-state index in [2.05, 4.69) is 30.4 Å². The highest BCUT2D eigenvalue weighted by Gasteiger charge is 2.34. The molecule has 32 heavy (non-hydrogen) atoms. The molecule has 4 heteroatoms. The number of hydrogen-bond donors (Lipinski definition) is 1. The van der Waals surface area contributed by atoms with Crippen LogP contribution in [0.1, 0.15) is 48.1 Å². The van der Waals surface area contributed by atoms with E-state index in [9.17, 15) is 9.59 Å². The van der Waals surface area contributed by atoms with Crippen molar-refractivity contribution in [3.63, 3.8) is 0 Å². The molecule has 3 aromatic carbocycles. The molecule has 1 N–H and O–H groups in total. The van der Waals surface area contributed by atoms with Gasteiger partial charge < -0.3 is 10.2 Å². The largest absolute Gasteiger partial charge is 0.349 e. The number of hydrogen-bond acceptors (Lipinski definition) is 2. The van der Waals surface area contributed by atoms with Crippen molar-refractivity contribution < 1.29 is 9.59 Å². The van der Waals surface area contributed by atoms with E-state index in [1.807, 2.05) is 72.5 Å². The quantitative estimate of drug-likeness (QED) is 0.527. The van der Waals surface area contributed by atoms with Gasteiger partial charge in [-0.2, -0.15) is 0 Å². The molecule has 0 radical (unpaired) electrons. The first kappa shape index (κ1) is 21.8.